The first-order valence-corrected chi connectivity index (χ1v) is 13.5. The van der Waals surface area contributed by atoms with Gasteiger partial charge in [-0.2, -0.15) is 0 Å². The summed E-state index contributed by atoms with van der Waals surface area (Å²) in [6.07, 6.45) is 3.98. The molecular formula is C31H40N2O4. The topological polar surface area (TPSA) is 54.4 Å². The third-order valence-corrected chi connectivity index (χ3v) is 7.97. The van der Waals surface area contributed by atoms with Crippen LogP contribution in [0.4, 0.5) is 0 Å². The molecular weight excluding hydrogens is 464 g/mol. The van der Waals surface area contributed by atoms with Crippen molar-refractivity contribution in [3.8, 4) is 17.2 Å². The Morgan fingerprint density at radius 3 is 2.35 bits per heavy atom. The van der Waals surface area contributed by atoms with Crippen LogP contribution in [0.3, 0.4) is 0 Å². The van der Waals surface area contributed by atoms with Crippen LogP contribution in [-0.2, 0) is 19.5 Å². The van der Waals surface area contributed by atoms with Gasteiger partial charge in [0, 0.05) is 39.1 Å². The molecule has 1 N–H and O–H groups in total. The molecule has 0 aliphatic carbocycles. The number of rotatable bonds is 9. The number of methoxy groups -OCH3 is 3. The van der Waals surface area contributed by atoms with Crippen LogP contribution in [0.25, 0.3) is 10.8 Å². The van der Waals surface area contributed by atoms with Crippen LogP contribution in [0, 0.1) is 5.92 Å². The van der Waals surface area contributed by atoms with Gasteiger partial charge in [0.15, 0.2) is 11.5 Å². The number of aliphatic hydroxyl groups is 1. The number of β-amino-alcohol motifs (C(OH)–C–C–N with tert-alkyl or cyclic N) is 1. The molecule has 0 spiro atoms. The van der Waals surface area contributed by atoms with Crippen LogP contribution < -0.4 is 14.2 Å². The maximum atomic E-state index is 11.1. The number of hydrogen-bond acceptors (Lipinski definition) is 6. The van der Waals surface area contributed by atoms with E-state index in [1.54, 1.807) is 21.3 Å². The lowest BCUT2D eigenvalue weighted by Crippen LogP contribution is -2.38. The largest absolute Gasteiger partial charge is 0.497 e. The fraction of sp³-hybridized carbons (Fsp3) is 0.484. The number of hydrogen-bond donors (Lipinski definition) is 1. The standard InChI is InChI=1S/C31H40N2O4/c1-35-28-10-11-29-23(8-6-9-24(29)14-28)13-27(34)21-32-12-5-4-7-22(17-32)18-33-19-25-15-30(36-2)31(37-3)16-26(25)20-33/h6,8-11,14-16,22,27,34H,4-5,7,12-13,17-21H2,1-3H3. The Labute approximate surface area is 220 Å². The van der Waals surface area contributed by atoms with Crippen LogP contribution >= 0.6 is 0 Å². The van der Waals surface area contributed by atoms with Crippen LogP contribution in [0.5, 0.6) is 17.2 Å². The van der Waals surface area contributed by atoms with E-state index < -0.39 is 0 Å². The second-order valence-electron chi connectivity index (χ2n) is 10.6. The molecule has 0 amide bonds. The van der Waals surface area contributed by atoms with Crippen molar-refractivity contribution < 1.29 is 19.3 Å². The average Bonchev–Trinajstić information content (AvgIpc) is 3.17. The van der Waals surface area contributed by atoms with E-state index in [1.807, 2.05) is 6.07 Å². The zero-order valence-electron chi connectivity index (χ0n) is 22.4. The molecule has 2 atom stereocenters. The Morgan fingerprint density at radius 2 is 1.65 bits per heavy atom. The molecule has 6 heteroatoms. The first kappa shape index (κ1) is 25.8. The zero-order valence-corrected chi connectivity index (χ0v) is 22.4. The molecule has 5 rings (SSSR count). The summed E-state index contributed by atoms with van der Waals surface area (Å²) in [6, 6.07) is 16.8. The Hall–Kier alpha value is -2.80. The zero-order chi connectivity index (χ0) is 25.8. The summed E-state index contributed by atoms with van der Waals surface area (Å²) < 4.78 is 16.4. The number of fused-ring (bicyclic) bond motifs is 2. The van der Waals surface area contributed by atoms with Crippen LogP contribution in [0.2, 0.25) is 0 Å². The molecule has 198 valence electrons. The van der Waals surface area contributed by atoms with Crippen molar-refractivity contribution in [3.63, 3.8) is 0 Å². The Balaban J connectivity index is 1.19. The summed E-state index contributed by atoms with van der Waals surface area (Å²) in [7, 11) is 5.09. The maximum absolute atomic E-state index is 11.1. The van der Waals surface area contributed by atoms with Gasteiger partial charge in [0.05, 0.1) is 27.4 Å². The van der Waals surface area contributed by atoms with Crippen molar-refractivity contribution in [2.24, 2.45) is 5.92 Å². The lowest BCUT2D eigenvalue weighted by atomic mass is 9.99. The maximum Gasteiger partial charge on any atom is 0.161 e. The minimum absolute atomic E-state index is 0.387. The van der Waals surface area contributed by atoms with E-state index in [1.165, 1.54) is 41.3 Å². The van der Waals surface area contributed by atoms with Crippen LogP contribution in [0.15, 0.2) is 48.5 Å². The number of ether oxygens (including phenoxy) is 3. The third kappa shape index (κ3) is 6.03. The summed E-state index contributed by atoms with van der Waals surface area (Å²) in [5.74, 6) is 3.09. The molecule has 2 aliphatic rings. The van der Waals surface area contributed by atoms with E-state index >= 15 is 0 Å². The SMILES string of the molecule is COc1ccc2c(CC(O)CN3CCCCC(CN4Cc5cc(OC)c(OC)cc5C4)C3)cccc2c1. The minimum Gasteiger partial charge on any atom is -0.497 e. The fourth-order valence-electron chi connectivity index (χ4n) is 6.17. The monoisotopic (exact) mass is 504 g/mol. The number of nitrogens with zero attached hydrogens (tertiary/aromatic N) is 2. The molecule has 1 saturated heterocycles. The van der Waals surface area contributed by atoms with Crippen molar-refractivity contribution in [2.75, 3.05) is 47.5 Å². The Bertz CT molecular complexity index is 1180. The van der Waals surface area contributed by atoms with Gasteiger partial charge in [0.25, 0.3) is 0 Å². The highest BCUT2D eigenvalue weighted by Gasteiger charge is 2.27. The predicted octanol–water partition coefficient (Wildman–Crippen LogP) is 4.89. The van der Waals surface area contributed by atoms with Gasteiger partial charge >= 0.3 is 0 Å². The lowest BCUT2D eigenvalue weighted by Gasteiger charge is -2.29. The molecule has 37 heavy (non-hydrogen) atoms. The molecule has 6 nitrogen and oxygen atoms in total. The average molecular weight is 505 g/mol. The number of benzene rings is 3. The second-order valence-corrected chi connectivity index (χ2v) is 10.6. The molecule has 2 aliphatic heterocycles. The van der Waals surface area contributed by atoms with E-state index in [0.29, 0.717) is 12.3 Å². The van der Waals surface area contributed by atoms with Crippen molar-refractivity contribution in [1.29, 1.82) is 0 Å². The van der Waals surface area contributed by atoms with E-state index in [9.17, 15) is 5.11 Å². The highest BCUT2D eigenvalue weighted by atomic mass is 16.5. The number of aliphatic hydroxyl groups excluding tert-OH is 1. The quantitative estimate of drug-likeness (QED) is 0.448. The van der Waals surface area contributed by atoms with Crippen molar-refractivity contribution in [1.82, 2.24) is 9.80 Å². The molecule has 3 aromatic carbocycles. The van der Waals surface area contributed by atoms with Gasteiger partial charge in [-0.3, -0.25) is 4.90 Å². The Kier molecular flexibility index (Phi) is 8.18. The summed E-state index contributed by atoms with van der Waals surface area (Å²) >= 11 is 0. The van der Waals surface area contributed by atoms with Crippen LogP contribution in [0.1, 0.15) is 36.0 Å². The van der Waals surface area contributed by atoms with E-state index in [0.717, 1.165) is 61.9 Å². The molecule has 0 aromatic heterocycles. The second kappa shape index (κ2) is 11.7. The summed E-state index contributed by atoms with van der Waals surface area (Å²) in [5.41, 5.74) is 3.87. The minimum atomic E-state index is -0.387. The molecule has 0 saturated carbocycles. The van der Waals surface area contributed by atoms with E-state index in [2.05, 4.69) is 52.3 Å². The Morgan fingerprint density at radius 1 is 0.892 bits per heavy atom. The van der Waals surface area contributed by atoms with Crippen molar-refractivity contribution in [3.05, 3.63) is 65.2 Å². The van der Waals surface area contributed by atoms with E-state index in [-0.39, 0.29) is 6.10 Å². The molecule has 3 aromatic rings. The molecule has 0 bridgehead atoms. The van der Waals surface area contributed by atoms with Gasteiger partial charge in [-0.1, -0.05) is 30.7 Å². The van der Waals surface area contributed by atoms with Gasteiger partial charge < -0.3 is 24.2 Å². The molecule has 2 unspecified atom stereocenters. The van der Waals surface area contributed by atoms with Gasteiger partial charge in [-0.15, -0.1) is 0 Å². The van der Waals surface area contributed by atoms with Gasteiger partial charge in [0.2, 0.25) is 0 Å². The van der Waals surface area contributed by atoms with E-state index in [4.69, 9.17) is 14.2 Å². The summed E-state index contributed by atoms with van der Waals surface area (Å²) in [5, 5.41) is 13.4. The first-order valence-electron chi connectivity index (χ1n) is 13.5. The van der Waals surface area contributed by atoms with Crippen molar-refractivity contribution >= 4 is 10.8 Å². The summed E-state index contributed by atoms with van der Waals surface area (Å²) in [6.45, 7) is 5.83. The third-order valence-electron chi connectivity index (χ3n) is 7.97. The first-order chi connectivity index (χ1) is 18.1. The predicted molar refractivity (Wildman–Crippen MR) is 148 cm³/mol. The highest BCUT2D eigenvalue weighted by Crippen LogP contribution is 2.35. The molecule has 2 heterocycles. The summed E-state index contributed by atoms with van der Waals surface area (Å²) in [4.78, 5) is 5.05. The fourth-order valence-corrected chi connectivity index (χ4v) is 6.17. The van der Waals surface area contributed by atoms with Gasteiger partial charge in [0.1, 0.15) is 5.75 Å². The smallest absolute Gasteiger partial charge is 0.161 e. The normalized spacial score (nSPS) is 19.4. The number of likely N-dealkylation sites (tertiary alicyclic amines) is 1. The van der Waals surface area contributed by atoms with Gasteiger partial charge in [-0.05, 0) is 77.0 Å². The van der Waals surface area contributed by atoms with Crippen molar-refractivity contribution in [2.45, 2.75) is 44.9 Å². The molecule has 1 fully saturated rings. The van der Waals surface area contributed by atoms with Gasteiger partial charge in [-0.25, -0.2) is 0 Å². The lowest BCUT2D eigenvalue weighted by molar-refractivity contribution is 0.101. The van der Waals surface area contributed by atoms with Crippen LogP contribution in [-0.4, -0.2) is 68.5 Å². The molecule has 0 radical (unpaired) electrons. The highest BCUT2D eigenvalue weighted by molar-refractivity contribution is 5.87.